The first-order chi connectivity index (χ1) is 9.29. The molecule has 0 saturated heterocycles. The van der Waals surface area contributed by atoms with Crippen LogP contribution in [-0.4, -0.2) is 23.1 Å². The summed E-state index contributed by atoms with van der Waals surface area (Å²) >= 11 is 0. The van der Waals surface area contributed by atoms with E-state index in [1.807, 2.05) is 0 Å². The van der Waals surface area contributed by atoms with Gasteiger partial charge in [-0.3, -0.25) is 0 Å². The summed E-state index contributed by atoms with van der Waals surface area (Å²) in [5.74, 6) is 1.78. The largest absolute Gasteiger partial charge is 2.00 e. The van der Waals surface area contributed by atoms with Gasteiger partial charge in [0, 0.05) is 0 Å². The van der Waals surface area contributed by atoms with E-state index in [0.717, 1.165) is 6.42 Å². The van der Waals surface area contributed by atoms with Crippen LogP contribution < -0.4 is 17.0 Å². The molecular weight excluding hydrogens is 332 g/mol. The fourth-order valence-corrected chi connectivity index (χ4v) is 3.54. The summed E-state index contributed by atoms with van der Waals surface area (Å²) in [6, 6.07) is 18.2. The fraction of sp³-hybridized carbons (Fsp3) is 0.316. The van der Waals surface area contributed by atoms with Gasteiger partial charge in [-0.25, -0.2) is 0 Å². The molecule has 0 heterocycles. The number of hydrogen-bond donors (Lipinski definition) is 0. The normalized spacial score (nSPS) is 17.8. The van der Waals surface area contributed by atoms with E-state index in [-0.39, 0.29) is 40.0 Å². The van der Waals surface area contributed by atoms with Crippen LogP contribution in [0.4, 0.5) is 0 Å². The first-order valence-corrected chi connectivity index (χ1v) is 7.32. The van der Waals surface area contributed by atoms with Crippen LogP contribution in [0.25, 0.3) is 11.1 Å². The van der Waals surface area contributed by atoms with Crippen molar-refractivity contribution in [3.8, 4) is 11.1 Å². The van der Waals surface area contributed by atoms with Crippen LogP contribution in [0, 0.1) is 5.92 Å². The van der Waals surface area contributed by atoms with E-state index >= 15 is 0 Å². The van der Waals surface area contributed by atoms with Crippen LogP contribution in [0.1, 0.15) is 37.3 Å². The Bertz CT molecular complexity index is 583. The number of rotatable bonds is 3. The monoisotopic (exact) mass is 350 g/mol. The van der Waals surface area contributed by atoms with Crippen LogP contribution in [0.5, 0.6) is 0 Å². The van der Waals surface area contributed by atoms with Crippen molar-refractivity contribution in [2.45, 2.75) is 38.0 Å². The molecule has 2 bridgehead atoms. The number of aryl methyl sites for hydroxylation is 1. The maximum absolute atomic E-state index is 2.35. The maximum atomic E-state index is 2.35. The van der Waals surface area contributed by atoms with E-state index in [1.54, 1.807) is 11.5 Å². The second-order valence-corrected chi connectivity index (χ2v) is 6.19. The van der Waals surface area contributed by atoms with Gasteiger partial charge in [-0.15, -0.1) is 0 Å². The molecule has 3 fully saturated rings. The summed E-state index contributed by atoms with van der Waals surface area (Å²) in [7, 11) is 0. The van der Waals surface area contributed by atoms with Crippen LogP contribution in [0.3, 0.4) is 0 Å². The van der Waals surface area contributed by atoms with Crippen molar-refractivity contribution >= 4 is 23.1 Å². The van der Waals surface area contributed by atoms with Gasteiger partial charge in [0.15, 0.2) is 0 Å². The second kappa shape index (κ2) is 6.43. The Kier molecular flexibility index (Phi) is 5.22. The van der Waals surface area contributed by atoms with Crippen LogP contribution in [0.15, 0.2) is 48.5 Å². The Hall–Kier alpha value is -0.314. The molecule has 0 aromatic heterocycles. The molecule has 0 spiro atoms. The average Bonchev–Trinajstić information content (AvgIpc) is 2.36. The topological polar surface area (TPSA) is 0 Å². The molecule has 0 aliphatic heterocycles. The van der Waals surface area contributed by atoms with E-state index in [2.05, 4.69) is 55.5 Å². The summed E-state index contributed by atoms with van der Waals surface area (Å²) in [4.78, 5) is 0. The minimum atomic E-state index is 0. The Morgan fingerprint density at radius 3 is 1.71 bits per heavy atom. The predicted molar refractivity (Wildman–Crippen MR) is 85.8 cm³/mol. The molecule has 3 saturated carbocycles. The van der Waals surface area contributed by atoms with Crippen molar-refractivity contribution in [3.63, 3.8) is 0 Å². The number of halogens is 1. The van der Waals surface area contributed by atoms with Gasteiger partial charge >= 0.3 is 23.1 Å². The van der Waals surface area contributed by atoms with Gasteiger partial charge in [-0.2, -0.15) is 19.3 Å². The second-order valence-electron chi connectivity index (χ2n) is 6.19. The van der Waals surface area contributed by atoms with Gasteiger partial charge in [0.2, 0.25) is 0 Å². The van der Waals surface area contributed by atoms with Gasteiger partial charge in [0.25, 0.3) is 0 Å². The van der Waals surface area contributed by atoms with E-state index in [0.29, 0.717) is 5.41 Å². The third kappa shape index (κ3) is 2.83. The predicted octanol–water partition coefficient (Wildman–Crippen LogP) is 1.55. The van der Waals surface area contributed by atoms with Gasteiger partial charge in [0.05, 0.1) is 0 Å². The molecule has 3 aliphatic rings. The summed E-state index contributed by atoms with van der Waals surface area (Å²) < 4.78 is 0. The quantitative estimate of drug-likeness (QED) is 0.581. The van der Waals surface area contributed by atoms with E-state index in [1.165, 1.54) is 36.0 Å². The Morgan fingerprint density at radius 2 is 1.33 bits per heavy atom. The number of benzene rings is 2. The average molecular weight is 352 g/mol. The Labute approximate surface area is 154 Å². The number of hydrogen-bond acceptors (Lipinski definition) is 0. The summed E-state index contributed by atoms with van der Waals surface area (Å²) in [5.41, 5.74) is 6.18. The smallest absolute Gasteiger partial charge is 1.00 e. The molecule has 0 amide bonds. The van der Waals surface area contributed by atoms with Gasteiger partial charge in [0.1, 0.15) is 0 Å². The van der Waals surface area contributed by atoms with Crippen molar-refractivity contribution in [1.82, 2.24) is 0 Å². The molecule has 5 rings (SSSR count). The zero-order valence-electron chi connectivity index (χ0n) is 12.5. The van der Waals surface area contributed by atoms with E-state index in [4.69, 9.17) is 0 Å². The van der Waals surface area contributed by atoms with Crippen LogP contribution in [0.2, 0.25) is 0 Å². The van der Waals surface area contributed by atoms with Crippen LogP contribution in [-0.2, 0) is 11.8 Å². The van der Waals surface area contributed by atoms with Crippen molar-refractivity contribution in [1.29, 1.82) is 0 Å². The van der Waals surface area contributed by atoms with Crippen molar-refractivity contribution in [2.75, 3.05) is 0 Å². The minimum Gasteiger partial charge on any atom is -1.00 e. The molecule has 104 valence electrons. The summed E-state index contributed by atoms with van der Waals surface area (Å²) in [5, 5.41) is 0. The molecule has 0 unspecified atom stereocenters. The maximum Gasteiger partial charge on any atom is 2.00 e. The van der Waals surface area contributed by atoms with Crippen molar-refractivity contribution in [3.05, 3.63) is 65.6 Å². The molecule has 0 N–H and O–H groups in total. The SMILES string of the molecule is CCc1ccc(-c2ccc(C34C[C-](C3)C4)cc2)cc1.[Br-].[Mg+2]. The first kappa shape index (κ1) is 17.0. The minimum absolute atomic E-state index is 0. The molecule has 2 aromatic carbocycles. The zero-order chi connectivity index (χ0) is 12.9. The van der Waals surface area contributed by atoms with Gasteiger partial charge in [-0.05, 0) is 28.7 Å². The third-order valence-corrected chi connectivity index (χ3v) is 4.96. The summed E-state index contributed by atoms with van der Waals surface area (Å²) in [6.45, 7) is 2.20. The van der Waals surface area contributed by atoms with Crippen LogP contribution >= 0.6 is 0 Å². The third-order valence-electron chi connectivity index (χ3n) is 4.96. The molecular formula is C19H19BrMg. The molecule has 0 radical (unpaired) electrons. The molecule has 2 aromatic rings. The van der Waals surface area contributed by atoms with Crippen molar-refractivity contribution in [2.24, 2.45) is 0 Å². The Balaban J connectivity index is 0.000000807. The molecule has 21 heavy (non-hydrogen) atoms. The fourth-order valence-electron chi connectivity index (χ4n) is 3.54. The Morgan fingerprint density at radius 1 is 0.857 bits per heavy atom. The molecule has 2 heteroatoms. The van der Waals surface area contributed by atoms with Crippen molar-refractivity contribution < 1.29 is 17.0 Å². The molecule has 0 atom stereocenters. The van der Waals surface area contributed by atoms with Gasteiger partial charge in [-0.1, -0.05) is 60.9 Å². The van der Waals surface area contributed by atoms with Gasteiger partial charge < -0.3 is 22.9 Å². The first-order valence-electron chi connectivity index (χ1n) is 7.32. The standard InChI is InChI=1S/C19H19.BrH.Mg/c1-2-14-3-5-16(6-4-14)17-7-9-18(10-8-17)19-11-15(12-19)13-19;;/h3-10H,2,11-13H2,1H3;1H;/q-1;;+2/p-1. The molecule has 0 nitrogen and oxygen atoms in total. The zero-order valence-corrected chi connectivity index (χ0v) is 15.5. The summed E-state index contributed by atoms with van der Waals surface area (Å²) in [6.07, 6.45) is 5.19. The molecule has 3 aliphatic carbocycles. The van der Waals surface area contributed by atoms with E-state index in [9.17, 15) is 0 Å². The van der Waals surface area contributed by atoms with E-state index < -0.39 is 0 Å².